The largest absolute Gasteiger partial charge is 0.435 e. The molecule has 6 heteroatoms. The van der Waals surface area contributed by atoms with Crippen LogP contribution in [0.1, 0.15) is 27.2 Å². The van der Waals surface area contributed by atoms with E-state index in [4.69, 9.17) is 0 Å². The van der Waals surface area contributed by atoms with E-state index >= 15 is 0 Å². The third kappa shape index (κ3) is 3.85. The molecule has 0 aliphatic heterocycles. The second-order valence-electron chi connectivity index (χ2n) is 6.41. The van der Waals surface area contributed by atoms with E-state index in [9.17, 15) is 13.6 Å². The standard InChI is InChI=1S/C20H20F2N2O2/c1-12-7-13(2)16-10-18(23-17(16)8-12)19(25)24(3)11-14-5-4-6-15(9-14)26-20(21)22/h4-10,20,23H,11H2,1-3H3. The van der Waals surface area contributed by atoms with Gasteiger partial charge in [0.05, 0.1) is 0 Å². The third-order valence-electron chi connectivity index (χ3n) is 4.21. The lowest BCUT2D eigenvalue weighted by Gasteiger charge is -2.17. The molecule has 3 aromatic rings. The second kappa shape index (κ2) is 7.15. The van der Waals surface area contributed by atoms with Crippen LogP contribution in [0.2, 0.25) is 0 Å². The van der Waals surface area contributed by atoms with Gasteiger partial charge in [-0.25, -0.2) is 0 Å². The molecule has 0 bridgehead atoms. The first kappa shape index (κ1) is 17.9. The predicted molar refractivity (Wildman–Crippen MR) is 96.6 cm³/mol. The molecule has 1 amide bonds. The summed E-state index contributed by atoms with van der Waals surface area (Å²) in [6.07, 6.45) is 0. The molecule has 0 spiro atoms. The van der Waals surface area contributed by atoms with Crippen LogP contribution in [-0.2, 0) is 6.54 Å². The average Bonchev–Trinajstić information content (AvgIpc) is 2.98. The lowest BCUT2D eigenvalue weighted by atomic mass is 10.1. The molecule has 0 saturated heterocycles. The molecule has 0 saturated carbocycles. The van der Waals surface area contributed by atoms with Gasteiger partial charge >= 0.3 is 6.61 Å². The van der Waals surface area contributed by atoms with E-state index in [2.05, 4.69) is 15.8 Å². The lowest BCUT2D eigenvalue weighted by Crippen LogP contribution is -2.26. The number of aromatic nitrogens is 1. The zero-order valence-corrected chi connectivity index (χ0v) is 14.8. The van der Waals surface area contributed by atoms with E-state index in [1.807, 2.05) is 26.0 Å². The van der Waals surface area contributed by atoms with Crippen molar-refractivity contribution in [2.75, 3.05) is 7.05 Å². The zero-order chi connectivity index (χ0) is 18.8. The van der Waals surface area contributed by atoms with Crippen LogP contribution in [-0.4, -0.2) is 29.5 Å². The summed E-state index contributed by atoms with van der Waals surface area (Å²) >= 11 is 0. The van der Waals surface area contributed by atoms with Crippen molar-refractivity contribution in [2.24, 2.45) is 0 Å². The molecule has 26 heavy (non-hydrogen) atoms. The Morgan fingerprint density at radius 3 is 2.69 bits per heavy atom. The van der Waals surface area contributed by atoms with Crippen molar-refractivity contribution >= 4 is 16.8 Å². The molecule has 1 N–H and O–H groups in total. The van der Waals surface area contributed by atoms with Crippen molar-refractivity contribution in [3.05, 3.63) is 64.8 Å². The number of aromatic amines is 1. The number of benzene rings is 2. The maximum atomic E-state index is 12.7. The van der Waals surface area contributed by atoms with Gasteiger partial charge in [-0.3, -0.25) is 4.79 Å². The Labute approximate surface area is 150 Å². The Bertz CT molecular complexity index is 950. The number of H-pyrrole nitrogens is 1. The summed E-state index contributed by atoms with van der Waals surface area (Å²) in [7, 11) is 1.67. The molecule has 136 valence electrons. The highest BCUT2D eigenvalue weighted by Crippen LogP contribution is 2.23. The van der Waals surface area contributed by atoms with Crippen LogP contribution >= 0.6 is 0 Å². The van der Waals surface area contributed by atoms with Crippen LogP contribution in [0.25, 0.3) is 10.9 Å². The summed E-state index contributed by atoms with van der Waals surface area (Å²) < 4.78 is 29.1. The van der Waals surface area contributed by atoms with Crippen LogP contribution in [0.15, 0.2) is 42.5 Å². The summed E-state index contributed by atoms with van der Waals surface area (Å²) in [6, 6.07) is 12.3. The lowest BCUT2D eigenvalue weighted by molar-refractivity contribution is -0.0499. The topological polar surface area (TPSA) is 45.3 Å². The van der Waals surface area contributed by atoms with Crippen LogP contribution in [0, 0.1) is 13.8 Å². The van der Waals surface area contributed by atoms with Crippen molar-refractivity contribution in [3.8, 4) is 5.75 Å². The van der Waals surface area contributed by atoms with E-state index in [0.717, 1.165) is 22.0 Å². The van der Waals surface area contributed by atoms with Crippen LogP contribution in [0.3, 0.4) is 0 Å². The van der Waals surface area contributed by atoms with Gasteiger partial charge in [0.1, 0.15) is 11.4 Å². The average molecular weight is 358 g/mol. The number of fused-ring (bicyclic) bond motifs is 1. The highest BCUT2D eigenvalue weighted by Gasteiger charge is 2.16. The summed E-state index contributed by atoms with van der Waals surface area (Å²) in [6.45, 7) is 1.43. The van der Waals surface area contributed by atoms with Gasteiger partial charge in [0.2, 0.25) is 0 Å². The van der Waals surface area contributed by atoms with E-state index in [-0.39, 0.29) is 18.2 Å². The Kier molecular flexibility index (Phi) is 4.93. The van der Waals surface area contributed by atoms with Gasteiger partial charge in [-0.15, -0.1) is 0 Å². The molecular formula is C20H20F2N2O2. The monoisotopic (exact) mass is 358 g/mol. The van der Waals surface area contributed by atoms with Gasteiger partial charge in [-0.05, 0) is 54.8 Å². The minimum absolute atomic E-state index is 0.0788. The Hall–Kier alpha value is -2.89. The van der Waals surface area contributed by atoms with Gasteiger partial charge in [0, 0.05) is 24.5 Å². The van der Waals surface area contributed by atoms with Gasteiger partial charge in [0.15, 0.2) is 0 Å². The van der Waals surface area contributed by atoms with Gasteiger partial charge in [0.25, 0.3) is 5.91 Å². The first-order chi connectivity index (χ1) is 12.3. The summed E-state index contributed by atoms with van der Waals surface area (Å²) in [4.78, 5) is 17.4. The zero-order valence-electron chi connectivity index (χ0n) is 14.8. The fraction of sp³-hybridized carbons (Fsp3) is 0.250. The first-order valence-electron chi connectivity index (χ1n) is 8.22. The Morgan fingerprint density at radius 1 is 1.19 bits per heavy atom. The molecular weight excluding hydrogens is 338 g/mol. The van der Waals surface area contributed by atoms with Gasteiger partial charge < -0.3 is 14.6 Å². The van der Waals surface area contributed by atoms with Gasteiger partial charge in [-0.2, -0.15) is 8.78 Å². The molecule has 0 aliphatic rings. The minimum atomic E-state index is -2.87. The molecule has 2 aromatic carbocycles. The number of ether oxygens (including phenoxy) is 1. The molecule has 4 nitrogen and oxygen atoms in total. The van der Waals surface area contributed by atoms with Gasteiger partial charge in [-0.1, -0.05) is 18.2 Å². The van der Waals surface area contributed by atoms with E-state index in [0.29, 0.717) is 11.3 Å². The number of hydrogen-bond acceptors (Lipinski definition) is 2. The summed E-state index contributed by atoms with van der Waals surface area (Å²) in [5.41, 5.74) is 4.36. The molecule has 1 heterocycles. The number of aryl methyl sites for hydroxylation is 2. The molecule has 0 atom stereocenters. The number of nitrogens with zero attached hydrogens (tertiary/aromatic N) is 1. The number of nitrogens with one attached hydrogen (secondary N) is 1. The van der Waals surface area contributed by atoms with Crippen LogP contribution in [0.4, 0.5) is 8.78 Å². The Morgan fingerprint density at radius 2 is 1.96 bits per heavy atom. The van der Waals surface area contributed by atoms with Crippen molar-refractivity contribution in [1.82, 2.24) is 9.88 Å². The number of halogens is 2. The quantitative estimate of drug-likeness (QED) is 0.721. The highest BCUT2D eigenvalue weighted by molar-refractivity contribution is 5.98. The number of amides is 1. The SMILES string of the molecule is Cc1cc(C)c2cc(C(=O)N(C)Cc3cccc(OC(F)F)c3)[nH]c2c1. The number of rotatable bonds is 5. The highest BCUT2D eigenvalue weighted by atomic mass is 19.3. The molecule has 1 aromatic heterocycles. The number of alkyl halides is 2. The minimum Gasteiger partial charge on any atom is -0.435 e. The normalized spacial score (nSPS) is 11.2. The summed E-state index contributed by atoms with van der Waals surface area (Å²) in [5, 5.41) is 1.01. The predicted octanol–water partition coefficient (Wildman–Crippen LogP) is 4.66. The number of carbonyl (C=O) groups is 1. The fourth-order valence-electron chi connectivity index (χ4n) is 3.09. The van der Waals surface area contributed by atoms with E-state index < -0.39 is 6.61 Å². The molecule has 0 fully saturated rings. The maximum Gasteiger partial charge on any atom is 0.387 e. The molecule has 0 unspecified atom stereocenters. The van der Waals surface area contributed by atoms with Crippen LogP contribution < -0.4 is 4.74 Å². The van der Waals surface area contributed by atoms with E-state index in [1.165, 1.54) is 17.0 Å². The maximum absolute atomic E-state index is 12.7. The first-order valence-corrected chi connectivity index (χ1v) is 8.22. The molecule has 0 radical (unpaired) electrons. The van der Waals surface area contributed by atoms with Crippen molar-refractivity contribution in [1.29, 1.82) is 0 Å². The fourth-order valence-corrected chi connectivity index (χ4v) is 3.09. The van der Waals surface area contributed by atoms with Crippen molar-refractivity contribution < 1.29 is 18.3 Å². The second-order valence-corrected chi connectivity index (χ2v) is 6.41. The van der Waals surface area contributed by atoms with Crippen molar-refractivity contribution in [2.45, 2.75) is 27.0 Å². The third-order valence-corrected chi connectivity index (χ3v) is 4.21. The Balaban J connectivity index is 1.79. The van der Waals surface area contributed by atoms with Crippen LogP contribution in [0.5, 0.6) is 5.75 Å². The molecule has 3 rings (SSSR count). The number of hydrogen-bond donors (Lipinski definition) is 1. The van der Waals surface area contributed by atoms with Crippen molar-refractivity contribution in [3.63, 3.8) is 0 Å². The van der Waals surface area contributed by atoms with E-state index in [1.54, 1.807) is 19.2 Å². The smallest absolute Gasteiger partial charge is 0.387 e. The number of carbonyl (C=O) groups excluding carboxylic acids is 1. The molecule has 0 aliphatic carbocycles. The summed E-state index contributed by atoms with van der Waals surface area (Å²) in [5.74, 6) is -0.0894.